The molecule has 0 saturated heterocycles. The molecule has 0 bridgehead atoms. The molecule has 0 fully saturated rings. The summed E-state index contributed by atoms with van der Waals surface area (Å²) in [5.74, 6) is 0.508. The molecule has 6 nitrogen and oxygen atoms in total. The van der Waals surface area contributed by atoms with E-state index in [0.29, 0.717) is 11.6 Å². The maximum absolute atomic E-state index is 12.9. The minimum atomic E-state index is -0.355. The molecule has 1 aromatic heterocycles. The van der Waals surface area contributed by atoms with Crippen LogP contribution in [0.1, 0.15) is 21.6 Å². The molecule has 2 aromatic carbocycles. The quantitative estimate of drug-likeness (QED) is 0.697. The third kappa shape index (κ3) is 4.78. The van der Waals surface area contributed by atoms with Crippen LogP contribution >= 0.6 is 0 Å². The van der Waals surface area contributed by atoms with Crippen LogP contribution in [0.25, 0.3) is 0 Å². The van der Waals surface area contributed by atoms with Gasteiger partial charge in [-0.1, -0.05) is 18.2 Å². The molecule has 0 aliphatic carbocycles. The van der Waals surface area contributed by atoms with E-state index in [4.69, 9.17) is 4.74 Å². The number of aromatic nitrogens is 2. The predicted molar refractivity (Wildman–Crippen MR) is 101 cm³/mol. The van der Waals surface area contributed by atoms with Gasteiger partial charge in [0, 0.05) is 6.54 Å². The van der Waals surface area contributed by atoms with Crippen LogP contribution in [0.3, 0.4) is 0 Å². The first-order chi connectivity index (χ1) is 13.0. The summed E-state index contributed by atoms with van der Waals surface area (Å²) in [5, 5.41) is 5.85. The lowest BCUT2D eigenvalue weighted by atomic mass is 10.2. The minimum absolute atomic E-state index is 0.193. The van der Waals surface area contributed by atoms with Gasteiger partial charge in [0.1, 0.15) is 23.1 Å². The van der Waals surface area contributed by atoms with E-state index in [1.54, 1.807) is 19.2 Å². The first-order valence-electron chi connectivity index (χ1n) is 8.31. The van der Waals surface area contributed by atoms with E-state index in [-0.39, 0.29) is 24.0 Å². The van der Waals surface area contributed by atoms with Crippen LogP contribution in [0.2, 0.25) is 0 Å². The second kappa shape index (κ2) is 8.27. The molecule has 3 aromatic rings. The normalized spacial score (nSPS) is 10.3. The fourth-order valence-corrected chi connectivity index (χ4v) is 2.44. The van der Waals surface area contributed by atoms with Crippen LogP contribution in [0, 0.1) is 12.7 Å². The molecule has 27 heavy (non-hydrogen) atoms. The highest BCUT2D eigenvalue weighted by Crippen LogP contribution is 2.27. The summed E-state index contributed by atoms with van der Waals surface area (Å²) in [6, 6.07) is 11.7. The van der Waals surface area contributed by atoms with Crippen molar-refractivity contribution in [1.82, 2.24) is 15.3 Å². The predicted octanol–water partition coefficient (Wildman–Crippen LogP) is 3.61. The number of ether oxygens (including phenoxy) is 1. The Morgan fingerprint density at radius 2 is 1.89 bits per heavy atom. The van der Waals surface area contributed by atoms with Crippen LogP contribution in [-0.4, -0.2) is 23.0 Å². The van der Waals surface area contributed by atoms with Crippen molar-refractivity contribution in [2.24, 2.45) is 0 Å². The van der Waals surface area contributed by atoms with E-state index < -0.39 is 0 Å². The standard InChI is InChI=1S/C20H19FN4O2/c1-13-3-8-18(27-2)16(9-13)25-19-12-22-17(11-23-19)20(26)24-10-14-4-6-15(21)7-5-14/h3-9,11-12H,10H2,1-2H3,(H,23,25)(H,24,26). The Balaban J connectivity index is 1.63. The van der Waals surface area contributed by atoms with Crippen molar-refractivity contribution in [3.05, 3.63) is 77.5 Å². The highest BCUT2D eigenvalue weighted by Gasteiger charge is 2.09. The van der Waals surface area contributed by atoms with Crippen molar-refractivity contribution in [3.8, 4) is 5.75 Å². The van der Waals surface area contributed by atoms with E-state index in [1.165, 1.54) is 24.5 Å². The first kappa shape index (κ1) is 18.3. The van der Waals surface area contributed by atoms with E-state index in [0.717, 1.165) is 16.8 Å². The summed E-state index contributed by atoms with van der Waals surface area (Å²) in [5.41, 5.74) is 2.82. The average Bonchev–Trinajstić information content (AvgIpc) is 2.68. The number of carbonyl (C=O) groups excluding carboxylic acids is 1. The summed E-state index contributed by atoms with van der Waals surface area (Å²) in [6.07, 6.45) is 2.87. The molecule has 1 heterocycles. The minimum Gasteiger partial charge on any atom is -0.495 e. The van der Waals surface area contributed by atoms with Gasteiger partial charge in [-0.2, -0.15) is 0 Å². The van der Waals surface area contributed by atoms with E-state index in [2.05, 4.69) is 20.6 Å². The summed E-state index contributed by atoms with van der Waals surface area (Å²) >= 11 is 0. The zero-order valence-electron chi connectivity index (χ0n) is 15.0. The number of anilines is 2. The number of nitrogens with zero attached hydrogens (tertiary/aromatic N) is 2. The molecule has 1 amide bonds. The van der Waals surface area contributed by atoms with Gasteiger partial charge in [-0.3, -0.25) is 4.79 Å². The summed E-state index contributed by atoms with van der Waals surface area (Å²) < 4.78 is 18.2. The molecule has 0 spiro atoms. The second-order valence-corrected chi connectivity index (χ2v) is 5.92. The highest BCUT2D eigenvalue weighted by atomic mass is 19.1. The SMILES string of the molecule is COc1ccc(C)cc1Nc1cnc(C(=O)NCc2ccc(F)cc2)cn1. The third-order valence-electron chi connectivity index (χ3n) is 3.87. The Bertz CT molecular complexity index is 928. The van der Waals surface area contributed by atoms with Crippen LogP contribution in [-0.2, 0) is 6.54 Å². The molecule has 0 aliphatic heterocycles. The zero-order chi connectivity index (χ0) is 19.2. The van der Waals surface area contributed by atoms with Gasteiger partial charge in [0.15, 0.2) is 0 Å². The highest BCUT2D eigenvalue weighted by molar-refractivity contribution is 5.92. The lowest BCUT2D eigenvalue weighted by Crippen LogP contribution is -2.24. The number of aryl methyl sites for hydroxylation is 1. The van der Waals surface area contributed by atoms with Gasteiger partial charge in [-0.25, -0.2) is 14.4 Å². The van der Waals surface area contributed by atoms with Crippen molar-refractivity contribution >= 4 is 17.4 Å². The van der Waals surface area contributed by atoms with Crippen molar-refractivity contribution in [2.75, 3.05) is 12.4 Å². The van der Waals surface area contributed by atoms with Crippen molar-refractivity contribution in [3.63, 3.8) is 0 Å². The van der Waals surface area contributed by atoms with Gasteiger partial charge in [0.25, 0.3) is 5.91 Å². The molecule has 0 atom stereocenters. The van der Waals surface area contributed by atoms with Crippen molar-refractivity contribution in [2.45, 2.75) is 13.5 Å². The number of hydrogen-bond acceptors (Lipinski definition) is 5. The van der Waals surface area contributed by atoms with Gasteiger partial charge in [-0.15, -0.1) is 0 Å². The van der Waals surface area contributed by atoms with E-state index >= 15 is 0 Å². The smallest absolute Gasteiger partial charge is 0.271 e. The molecule has 7 heteroatoms. The lowest BCUT2D eigenvalue weighted by molar-refractivity contribution is 0.0945. The van der Waals surface area contributed by atoms with Gasteiger partial charge in [-0.05, 0) is 42.3 Å². The van der Waals surface area contributed by atoms with Gasteiger partial charge in [0.05, 0.1) is 25.2 Å². The van der Waals surface area contributed by atoms with E-state index in [1.807, 2.05) is 25.1 Å². The van der Waals surface area contributed by atoms with Gasteiger partial charge < -0.3 is 15.4 Å². The largest absolute Gasteiger partial charge is 0.495 e. The molecule has 138 valence electrons. The number of nitrogens with one attached hydrogen (secondary N) is 2. The summed E-state index contributed by atoms with van der Waals surface area (Å²) in [7, 11) is 1.59. The van der Waals surface area contributed by atoms with Crippen LogP contribution in [0.5, 0.6) is 5.75 Å². The van der Waals surface area contributed by atoms with Crippen molar-refractivity contribution < 1.29 is 13.9 Å². The number of hydrogen-bond donors (Lipinski definition) is 2. The van der Waals surface area contributed by atoms with Gasteiger partial charge >= 0.3 is 0 Å². The Morgan fingerprint density at radius 3 is 2.56 bits per heavy atom. The molecule has 0 saturated carbocycles. The fraction of sp³-hybridized carbons (Fsp3) is 0.150. The fourth-order valence-electron chi connectivity index (χ4n) is 2.44. The lowest BCUT2D eigenvalue weighted by Gasteiger charge is -2.11. The zero-order valence-corrected chi connectivity index (χ0v) is 15.0. The molecule has 3 rings (SSSR count). The van der Waals surface area contributed by atoms with Crippen LogP contribution in [0.4, 0.5) is 15.9 Å². The van der Waals surface area contributed by atoms with Crippen molar-refractivity contribution in [1.29, 1.82) is 0 Å². The average molecular weight is 366 g/mol. The molecule has 0 aliphatic rings. The number of amides is 1. The molecular weight excluding hydrogens is 347 g/mol. The number of halogens is 1. The van der Waals surface area contributed by atoms with Crippen LogP contribution in [0.15, 0.2) is 54.9 Å². The van der Waals surface area contributed by atoms with E-state index in [9.17, 15) is 9.18 Å². The number of benzene rings is 2. The monoisotopic (exact) mass is 366 g/mol. The molecule has 0 unspecified atom stereocenters. The number of carbonyl (C=O) groups is 1. The molecule has 2 N–H and O–H groups in total. The first-order valence-corrected chi connectivity index (χ1v) is 8.31. The number of methoxy groups -OCH3 is 1. The summed E-state index contributed by atoms with van der Waals surface area (Å²) in [6.45, 7) is 2.26. The van der Waals surface area contributed by atoms with Crippen LogP contribution < -0.4 is 15.4 Å². The second-order valence-electron chi connectivity index (χ2n) is 5.92. The maximum atomic E-state index is 12.9. The Labute approximate surface area is 156 Å². The molecular formula is C20H19FN4O2. The molecule has 0 radical (unpaired) electrons. The third-order valence-corrected chi connectivity index (χ3v) is 3.87. The van der Waals surface area contributed by atoms with Gasteiger partial charge in [0.2, 0.25) is 0 Å². The topological polar surface area (TPSA) is 76.1 Å². The summed E-state index contributed by atoms with van der Waals surface area (Å²) in [4.78, 5) is 20.5. The number of rotatable bonds is 6. The maximum Gasteiger partial charge on any atom is 0.271 e. The Morgan fingerprint density at radius 1 is 1.11 bits per heavy atom. The Hall–Kier alpha value is -3.48. The Kier molecular flexibility index (Phi) is 5.61.